The molecule has 1 fully saturated rings. The van der Waals surface area contributed by atoms with E-state index in [1.165, 1.54) is 11.2 Å². The molecule has 0 aliphatic carbocycles. The van der Waals surface area contributed by atoms with Crippen LogP contribution in [0.2, 0.25) is 0 Å². The maximum atomic E-state index is 13.7. The number of hydrogen-bond donors (Lipinski definition) is 2. The lowest BCUT2D eigenvalue weighted by atomic mass is 9.99. The number of benzene rings is 1. The molecule has 0 spiro atoms. The molecular formula is C20H27N5O5S2. The first-order chi connectivity index (χ1) is 15.2. The first-order valence-electron chi connectivity index (χ1n) is 10.1. The number of morpholine rings is 1. The largest absolute Gasteiger partial charge is 0.379 e. The first-order valence-corrected chi connectivity index (χ1v) is 12.6. The van der Waals surface area contributed by atoms with Gasteiger partial charge < -0.3 is 16.2 Å². The summed E-state index contributed by atoms with van der Waals surface area (Å²) in [5, 5.41) is 1.76. The Morgan fingerprint density at radius 3 is 2.47 bits per heavy atom. The highest BCUT2D eigenvalue weighted by Gasteiger charge is 2.37. The lowest BCUT2D eigenvalue weighted by Crippen LogP contribution is -2.51. The van der Waals surface area contributed by atoms with E-state index in [4.69, 9.17) is 16.2 Å². The summed E-state index contributed by atoms with van der Waals surface area (Å²) >= 11 is 1.11. The summed E-state index contributed by atoms with van der Waals surface area (Å²) in [7, 11) is -3.76. The van der Waals surface area contributed by atoms with Crippen LogP contribution in [0, 0.1) is 5.92 Å². The fraction of sp³-hybridized carbons (Fsp3) is 0.450. The van der Waals surface area contributed by atoms with Crippen LogP contribution < -0.4 is 16.4 Å². The maximum Gasteiger partial charge on any atom is 0.240 e. The van der Waals surface area contributed by atoms with Gasteiger partial charge in [0.15, 0.2) is 5.13 Å². The Hall–Kier alpha value is -2.54. The lowest BCUT2D eigenvalue weighted by molar-refractivity contribution is -0.126. The number of carbonyl (C=O) groups excluding carboxylic acids is 2. The van der Waals surface area contributed by atoms with Gasteiger partial charge in [-0.05, 0) is 18.9 Å². The summed E-state index contributed by atoms with van der Waals surface area (Å²) in [6.07, 6.45) is 0.171. The number of primary amides is 1. The van der Waals surface area contributed by atoms with Gasteiger partial charge in [0.2, 0.25) is 21.8 Å². The highest BCUT2D eigenvalue weighted by molar-refractivity contribution is 7.89. The molecule has 1 aliphatic heterocycles. The molecule has 0 radical (unpaired) electrons. The summed E-state index contributed by atoms with van der Waals surface area (Å²) < 4.78 is 32.8. The van der Waals surface area contributed by atoms with Crippen molar-refractivity contribution in [3.8, 4) is 0 Å². The first kappa shape index (κ1) is 24.1. The van der Waals surface area contributed by atoms with Crippen molar-refractivity contribution in [2.75, 3.05) is 42.7 Å². The average Bonchev–Trinajstić information content (AvgIpc) is 3.20. The van der Waals surface area contributed by atoms with E-state index < -0.39 is 39.6 Å². The van der Waals surface area contributed by atoms with E-state index in [9.17, 15) is 18.0 Å². The molecule has 1 aromatic heterocycles. The molecule has 1 saturated heterocycles. The third kappa shape index (κ3) is 5.82. The van der Waals surface area contributed by atoms with E-state index in [-0.39, 0.29) is 30.5 Å². The van der Waals surface area contributed by atoms with Crippen molar-refractivity contribution < 1.29 is 22.7 Å². The van der Waals surface area contributed by atoms with Crippen molar-refractivity contribution in [2.24, 2.45) is 11.7 Å². The molecule has 10 nitrogen and oxygen atoms in total. The van der Waals surface area contributed by atoms with Gasteiger partial charge in [0.1, 0.15) is 11.9 Å². The van der Waals surface area contributed by atoms with Gasteiger partial charge in [-0.25, -0.2) is 13.4 Å². The Labute approximate surface area is 191 Å². The molecule has 4 N–H and O–H groups in total. The Bertz CT molecular complexity index is 1040. The fourth-order valence-electron chi connectivity index (χ4n) is 3.52. The number of amides is 2. The molecule has 1 aromatic carbocycles. The third-order valence-electron chi connectivity index (χ3n) is 5.24. The maximum absolute atomic E-state index is 13.7. The third-order valence-corrected chi connectivity index (χ3v) is 7.88. The van der Waals surface area contributed by atoms with Gasteiger partial charge in [-0.15, -0.1) is 11.3 Å². The Kier molecular flexibility index (Phi) is 7.82. The summed E-state index contributed by atoms with van der Waals surface area (Å²) in [4.78, 5) is 30.9. The number of nitrogens with two attached hydrogens (primary N) is 2. The average molecular weight is 482 g/mol. The van der Waals surface area contributed by atoms with E-state index in [1.54, 1.807) is 5.38 Å². The molecule has 3 rings (SSSR count). The van der Waals surface area contributed by atoms with E-state index in [0.29, 0.717) is 13.2 Å². The van der Waals surface area contributed by atoms with Crippen molar-refractivity contribution in [2.45, 2.75) is 19.4 Å². The number of nitrogen functional groups attached to an aromatic ring is 1. The lowest BCUT2D eigenvalue weighted by Gasteiger charge is -2.31. The minimum atomic E-state index is -3.76. The van der Waals surface area contributed by atoms with Crippen LogP contribution in [0.4, 0.5) is 10.9 Å². The van der Waals surface area contributed by atoms with Crippen LogP contribution in [0.15, 0.2) is 35.7 Å². The standard InChI is InChI=1S/C20H27N5O5S2/c1-14(18(21)26)25(17-12-31-20(22)23-17)19(27)16(11-15-5-3-2-4-6-15)13-32(28,29)24-7-9-30-10-8-24/h2-6,12,14,16H,7-11,13H2,1H3,(H2,21,26)(H2,22,23). The van der Waals surface area contributed by atoms with Crippen LogP contribution in [-0.2, 0) is 30.8 Å². The topological polar surface area (TPSA) is 149 Å². The second kappa shape index (κ2) is 10.4. The second-order valence-corrected chi connectivity index (χ2v) is 10.4. The van der Waals surface area contributed by atoms with Gasteiger partial charge in [0, 0.05) is 18.5 Å². The zero-order chi connectivity index (χ0) is 23.3. The van der Waals surface area contributed by atoms with Gasteiger partial charge >= 0.3 is 0 Å². The van der Waals surface area contributed by atoms with E-state index in [1.807, 2.05) is 30.3 Å². The Morgan fingerprint density at radius 2 is 1.91 bits per heavy atom. The highest BCUT2D eigenvalue weighted by atomic mass is 32.2. The molecule has 2 amide bonds. The van der Waals surface area contributed by atoms with Crippen molar-refractivity contribution in [3.63, 3.8) is 0 Å². The van der Waals surface area contributed by atoms with Crippen LogP contribution in [0.25, 0.3) is 0 Å². The number of sulfonamides is 1. The number of rotatable bonds is 9. The van der Waals surface area contributed by atoms with E-state index >= 15 is 0 Å². The highest BCUT2D eigenvalue weighted by Crippen LogP contribution is 2.26. The molecular weight excluding hydrogens is 454 g/mol. The molecule has 2 aromatic rings. The van der Waals surface area contributed by atoms with Gasteiger partial charge in [0.25, 0.3) is 0 Å². The van der Waals surface area contributed by atoms with Gasteiger partial charge in [-0.1, -0.05) is 30.3 Å². The van der Waals surface area contributed by atoms with Crippen LogP contribution >= 0.6 is 11.3 Å². The summed E-state index contributed by atoms with van der Waals surface area (Å²) in [6, 6.07) is 8.09. The van der Waals surface area contributed by atoms with Crippen LogP contribution in [0.3, 0.4) is 0 Å². The van der Waals surface area contributed by atoms with E-state index in [2.05, 4.69) is 4.98 Å². The number of ether oxygens (including phenoxy) is 1. The molecule has 0 bridgehead atoms. The van der Waals surface area contributed by atoms with Crippen LogP contribution in [0.5, 0.6) is 0 Å². The summed E-state index contributed by atoms with van der Waals surface area (Å²) in [5.74, 6) is -2.50. The predicted molar refractivity (Wildman–Crippen MR) is 122 cm³/mol. The monoisotopic (exact) mass is 481 g/mol. The number of anilines is 2. The SMILES string of the molecule is CC(C(N)=O)N(C(=O)C(Cc1ccccc1)CS(=O)(=O)N1CCOCC1)c1csc(N)n1. The minimum Gasteiger partial charge on any atom is -0.379 e. The Balaban J connectivity index is 1.95. The smallest absolute Gasteiger partial charge is 0.240 e. The molecule has 1 aliphatic rings. The number of hydrogen-bond acceptors (Lipinski definition) is 8. The Morgan fingerprint density at radius 1 is 1.25 bits per heavy atom. The number of carbonyl (C=O) groups is 2. The molecule has 2 unspecified atom stereocenters. The molecule has 174 valence electrons. The normalized spacial score (nSPS) is 16.9. The van der Waals surface area contributed by atoms with Crippen molar-refractivity contribution in [1.82, 2.24) is 9.29 Å². The quantitative estimate of drug-likeness (QED) is 0.528. The number of aromatic nitrogens is 1. The molecule has 2 heterocycles. The number of nitrogens with zero attached hydrogens (tertiary/aromatic N) is 3. The van der Waals surface area contributed by atoms with Gasteiger partial charge in [-0.3, -0.25) is 14.5 Å². The van der Waals surface area contributed by atoms with Gasteiger partial charge in [0.05, 0.1) is 24.9 Å². The van der Waals surface area contributed by atoms with Crippen molar-refractivity contribution in [1.29, 1.82) is 0 Å². The second-order valence-electron chi connectivity index (χ2n) is 7.51. The predicted octanol–water partition coefficient (Wildman–Crippen LogP) is 0.453. The zero-order valence-corrected chi connectivity index (χ0v) is 19.3. The molecule has 0 saturated carbocycles. The molecule has 32 heavy (non-hydrogen) atoms. The minimum absolute atomic E-state index is 0.171. The molecule has 12 heteroatoms. The van der Waals surface area contributed by atoms with Crippen molar-refractivity contribution >= 4 is 44.1 Å². The number of thiazole rings is 1. The van der Waals surface area contributed by atoms with Crippen molar-refractivity contribution in [3.05, 3.63) is 41.3 Å². The van der Waals surface area contributed by atoms with Crippen LogP contribution in [0.1, 0.15) is 12.5 Å². The van der Waals surface area contributed by atoms with E-state index in [0.717, 1.165) is 21.8 Å². The summed E-state index contributed by atoms with van der Waals surface area (Å²) in [6.45, 7) is 2.56. The van der Waals surface area contributed by atoms with Gasteiger partial charge in [-0.2, -0.15) is 4.31 Å². The van der Waals surface area contributed by atoms with Crippen LogP contribution in [-0.4, -0.2) is 67.6 Å². The zero-order valence-electron chi connectivity index (χ0n) is 17.7. The fourth-order valence-corrected chi connectivity index (χ4v) is 5.74. The molecule has 2 atom stereocenters. The summed E-state index contributed by atoms with van der Waals surface area (Å²) in [5.41, 5.74) is 12.0.